The van der Waals surface area contributed by atoms with Gasteiger partial charge in [-0.2, -0.15) is 101 Å². The Hall–Kier alpha value is -2.74. The first-order valence-corrected chi connectivity index (χ1v) is 12.3. The number of halogens is 23. The van der Waals surface area contributed by atoms with Gasteiger partial charge in [-0.1, -0.05) is 24.3 Å². The molecule has 0 amide bonds. The van der Waals surface area contributed by atoms with Gasteiger partial charge in [0.2, 0.25) is 0 Å². The Morgan fingerprint density at radius 3 is 0.783 bits per heavy atom. The summed E-state index contributed by atoms with van der Waals surface area (Å²) in [6.07, 6.45) is -18.6. The Morgan fingerprint density at radius 1 is 0.304 bits per heavy atom. The van der Waals surface area contributed by atoms with E-state index in [0.717, 1.165) is 0 Å². The summed E-state index contributed by atoms with van der Waals surface area (Å²) in [7, 11) is -5.09. The average Bonchev–Trinajstić information content (AvgIpc) is 2.87. The molecule has 0 aliphatic heterocycles. The second-order valence-electron chi connectivity index (χ2n) is 8.91. The van der Waals surface area contributed by atoms with Crippen LogP contribution >= 0.6 is 7.92 Å². The summed E-state index contributed by atoms with van der Waals surface area (Å²) >= 11 is 0. The van der Waals surface area contributed by atoms with E-state index in [2.05, 4.69) is 0 Å². The standard InChI is InChI=1S/C22H8F23P/c23-13(24,25)9-1-5-11(6-2-9)46(12-7-3-10(4-8-12)14(26,27)28)22(44,45)20(39,40)18(35,36)16(31,32)15(29,30)17(33,34)19(37,38)21(41,42)43/h1-8H. The van der Waals surface area contributed by atoms with E-state index in [4.69, 9.17) is 0 Å². The van der Waals surface area contributed by atoms with Crippen LogP contribution in [0.5, 0.6) is 0 Å². The Kier molecular flexibility index (Phi) is 9.58. The van der Waals surface area contributed by atoms with Crippen molar-refractivity contribution in [1.29, 1.82) is 0 Å². The Morgan fingerprint density at radius 2 is 0.543 bits per heavy atom. The molecule has 24 heteroatoms. The van der Waals surface area contributed by atoms with E-state index in [0.29, 0.717) is 0 Å². The highest BCUT2D eigenvalue weighted by molar-refractivity contribution is 7.74. The normalized spacial score (nSPS) is 15.5. The molecule has 0 atom stereocenters. The van der Waals surface area contributed by atoms with Gasteiger partial charge in [-0.3, -0.25) is 0 Å². The largest absolute Gasteiger partial charge is 0.460 e. The first-order chi connectivity index (χ1) is 20.0. The SMILES string of the molecule is FC(F)(F)c1ccc(P(c2ccc(C(F)(F)F)cc2)C(F)(F)C(F)(F)C(F)(F)C(F)(F)C(F)(F)C(F)(F)C(F)(F)C(F)(F)F)cc1. The summed E-state index contributed by atoms with van der Waals surface area (Å²) in [5.41, 5.74) is -10.7. The maximum Gasteiger partial charge on any atom is 0.460 e. The van der Waals surface area contributed by atoms with Crippen molar-refractivity contribution in [2.75, 3.05) is 0 Å². The molecule has 0 heterocycles. The van der Waals surface area contributed by atoms with Crippen LogP contribution in [0.25, 0.3) is 0 Å². The molecule has 2 aromatic rings. The lowest BCUT2D eigenvalue weighted by atomic mass is 9.91. The van der Waals surface area contributed by atoms with Crippen molar-refractivity contribution in [3.8, 4) is 0 Å². The van der Waals surface area contributed by atoms with E-state index >= 15 is 8.78 Å². The van der Waals surface area contributed by atoms with E-state index in [-0.39, 0.29) is 48.5 Å². The van der Waals surface area contributed by atoms with Crippen LogP contribution in [0.15, 0.2) is 48.5 Å². The maximum atomic E-state index is 15.3. The van der Waals surface area contributed by atoms with E-state index in [1.807, 2.05) is 0 Å². The van der Waals surface area contributed by atoms with Crippen molar-refractivity contribution in [3.05, 3.63) is 59.7 Å². The van der Waals surface area contributed by atoms with Crippen LogP contribution in [-0.2, 0) is 12.4 Å². The summed E-state index contributed by atoms with van der Waals surface area (Å²) in [5.74, 6) is -51.9. The predicted molar refractivity (Wildman–Crippen MR) is 110 cm³/mol. The molecule has 0 aliphatic carbocycles. The second kappa shape index (κ2) is 11.2. The summed E-state index contributed by atoms with van der Waals surface area (Å²) in [6.45, 7) is 0. The predicted octanol–water partition coefficient (Wildman–Crippen LogP) is 10.1. The summed E-state index contributed by atoms with van der Waals surface area (Å²) in [5, 5.41) is -3.43. The van der Waals surface area contributed by atoms with Crippen LogP contribution in [-0.4, -0.2) is 47.4 Å². The topological polar surface area (TPSA) is 0 Å². The Bertz CT molecular complexity index is 1310. The fraction of sp³-hybridized carbons (Fsp3) is 0.455. The van der Waals surface area contributed by atoms with Gasteiger partial charge in [-0.15, -0.1) is 0 Å². The van der Waals surface area contributed by atoms with Gasteiger partial charge in [-0.25, -0.2) is 0 Å². The molecule has 262 valence electrons. The molecule has 0 fully saturated rings. The Balaban J connectivity index is 2.87. The lowest BCUT2D eigenvalue weighted by Gasteiger charge is -2.44. The summed E-state index contributed by atoms with van der Waals surface area (Å²) in [6, 6.07) is -1.82. The average molecular weight is 740 g/mol. The molecule has 0 aromatic heterocycles. The molecule has 46 heavy (non-hydrogen) atoms. The lowest BCUT2D eigenvalue weighted by Crippen LogP contribution is -2.74. The van der Waals surface area contributed by atoms with Crippen molar-refractivity contribution in [2.24, 2.45) is 0 Å². The van der Waals surface area contributed by atoms with Crippen LogP contribution < -0.4 is 10.6 Å². The molecule has 0 nitrogen and oxygen atoms in total. The van der Waals surface area contributed by atoms with Gasteiger partial charge in [-0.05, 0) is 34.9 Å². The van der Waals surface area contributed by atoms with Gasteiger partial charge < -0.3 is 0 Å². The fourth-order valence-electron chi connectivity index (χ4n) is 3.37. The van der Waals surface area contributed by atoms with Crippen molar-refractivity contribution in [1.82, 2.24) is 0 Å². The van der Waals surface area contributed by atoms with Crippen LogP contribution in [0, 0.1) is 0 Å². The molecule has 0 saturated heterocycles. The minimum absolute atomic E-state index is 0.223. The van der Waals surface area contributed by atoms with E-state index in [1.165, 1.54) is 0 Å². The number of hydrogen-bond acceptors (Lipinski definition) is 0. The summed E-state index contributed by atoms with van der Waals surface area (Å²) in [4.78, 5) is 0. The third-order valence-electron chi connectivity index (χ3n) is 5.89. The Labute approximate surface area is 239 Å². The highest BCUT2D eigenvalue weighted by Gasteiger charge is 2.95. The number of alkyl halides is 23. The molecule has 0 unspecified atom stereocenters. The third-order valence-corrected chi connectivity index (χ3v) is 8.36. The maximum absolute atomic E-state index is 15.3. The van der Waals surface area contributed by atoms with Gasteiger partial charge in [0.1, 0.15) is 0 Å². The molecule has 0 radical (unpaired) electrons. The molecule has 0 saturated carbocycles. The molecular weight excluding hydrogens is 732 g/mol. The summed E-state index contributed by atoms with van der Waals surface area (Å²) < 4.78 is 312. The molecular formula is C22H8F23P. The van der Waals surface area contributed by atoms with Crippen LogP contribution in [0.4, 0.5) is 101 Å². The van der Waals surface area contributed by atoms with Gasteiger partial charge in [0.15, 0.2) is 0 Å². The zero-order valence-corrected chi connectivity index (χ0v) is 21.7. The van der Waals surface area contributed by atoms with Crippen LogP contribution in [0.3, 0.4) is 0 Å². The molecule has 2 rings (SSSR count). The van der Waals surface area contributed by atoms with E-state index in [1.54, 1.807) is 0 Å². The van der Waals surface area contributed by atoms with Crippen LogP contribution in [0.2, 0.25) is 0 Å². The lowest BCUT2D eigenvalue weighted by molar-refractivity contribution is -0.458. The fourth-order valence-corrected chi connectivity index (χ4v) is 5.63. The molecule has 0 spiro atoms. The van der Waals surface area contributed by atoms with Crippen molar-refractivity contribution < 1.29 is 101 Å². The minimum atomic E-state index is -8.92. The quantitative estimate of drug-likeness (QED) is 0.178. The molecule has 2 aromatic carbocycles. The first-order valence-electron chi connectivity index (χ1n) is 10.9. The zero-order chi connectivity index (χ0) is 36.5. The zero-order valence-electron chi connectivity index (χ0n) is 20.8. The van der Waals surface area contributed by atoms with Crippen molar-refractivity contribution in [2.45, 2.75) is 59.7 Å². The second-order valence-corrected chi connectivity index (χ2v) is 11.2. The number of benzene rings is 2. The van der Waals surface area contributed by atoms with Gasteiger partial charge in [0.25, 0.3) is 0 Å². The van der Waals surface area contributed by atoms with E-state index < -0.39 is 89.4 Å². The first kappa shape index (κ1) is 39.4. The van der Waals surface area contributed by atoms with Crippen molar-refractivity contribution in [3.63, 3.8) is 0 Å². The number of hydrogen-bond donors (Lipinski definition) is 0. The smallest absolute Gasteiger partial charge is 0.194 e. The molecule has 0 N–H and O–H groups in total. The van der Waals surface area contributed by atoms with Crippen molar-refractivity contribution >= 4 is 18.5 Å². The molecule has 0 bridgehead atoms. The third kappa shape index (κ3) is 5.92. The van der Waals surface area contributed by atoms with Crippen LogP contribution in [0.1, 0.15) is 11.1 Å². The monoisotopic (exact) mass is 740 g/mol. The van der Waals surface area contributed by atoms with Gasteiger partial charge in [0.05, 0.1) is 11.1 Å². The number of rotatable bonds is 9. The molecule has 0 aliphatic rings. The highest BCUT2D eigenvalue weighted by Crippen LogP contribution is 2.68. The van der Waals surface area contributed by atoms with Gasteiger partial charge in [0, 0.05) is 7.92 Å². The minimum Gasteiger partial charge on any atom is -0.194 e. The van der Waals surface area contributed by atoms with Gasteiger partial charge >= 0.3 is 59.7 Å². The van der Waals surface area contributed by atoms with E-state index in [9.17, 15) is 92.2 Å². The highest BCUT2D eigenvalue weighted by atomic mass is 31.1.